The van der Waals surface area contributed by atoms with E-state index in [1.54, 1.807) is 20.8 Å². The number of Topliss-reactive ketones (excluding diaryl/α,β-unsaturated/α-hetero) is 1. The van der Waals surface area contributed by atoms with Crippen LogP contribution in [-0.2, 0) is 19.2 Å². The zero-order valence-electron chi connectivity index (χ0n) is 9.08. The zero-order valence-corrected chi connectivity index (χ0v) is 9.08. The minimum Gasteiger partial charge on any atom is -0.455 e. The van der Waals surface area contributed by atoms with E-state index >= 15 is 0 Å². The molecule has 0 unspecified atom stereocenters. The van der Waals surface area contributed by atoms with Crippen molar-refractivity contribution in [2.24, 2.45) is 5.16 Å². The maximum Gasteiger partial charge on any atom is 0.364 e. The molecule has 0 rings (SSSR count). The van der Waals surface area contributed by atoms with Crippen LogP contribution in [0.5, 0.6) is 0 Å². The second-order valence-electron chi connectivity index (χ2n) is 3.68. The van der Waals surface area contributed by atoms with Crippen LogP contribution in [0, 0.1) is 0 Å². The molecule has 0 aliphatic carbocycles. The fraction of sp³-hybridized carbons (Fsp3) is 0.667. The first-order valence-electron chi connectivity index (χ1n) is 4.13. The van der Waals surface area contributed by atoms with Crippen molar-refractivity contribution in [2.45, 2.75) is 33.3 Å². The van der Waals surface area contributed by atoms with Gasteiger partial charge in [-0.3, -0.25) is 4.79 Å². The Morgan fingerprint density at radius 1 is 1.21 bits per heavy atom. The van der Waals surface area contributed by atoms with E-state index in [-0.39, 0.29) is 5.71 Å². The zero-order chi connectivity index (χ0) is 11.4. The van der Waals surface area contributed by atoms with Gasteiger partial charge in [0.15, 0.2) is 5.78 Å². The van der Waals surface area contributed by atoms with Crippen molar-refractivity contribution in [3.8, 4) is 0 Å². The molecule has 0 amide bonds. The van der Waals surface area contributed by atoms with Gasteiger partial charge in [0, 0.05) is 6.92 Å². The number of carbonyl (C=O) groups is 2. The van der Waals surface area contributed by atoms with Crippen LogP contribution in [0.15, 0.2) is 5.16 Å². The highest BCUT2D eigenvalue weighted by Gasteiger charge is 2.24. The van der Waals surface area contributed by atoms with Gasteiger partial charge in [0.1, 0.15) is 12.7 Å². The van der Waals surface area contributed by atoms with E-state index in [1.807, 2.05) is 0 Å². The van der Waals surface area contributed by atoms with Crippen LogP contribution < -0.4 is 0 Å². The number of esters is 1. The maximum absolute atomic E-state index is 11.3. The fourth-order valence-electron chi connectivity index (χ4n) is 0.663. The third kappa shape index (κ3) is 4.59. The van der Waals surface area contributed by atoms with Crippen LogP contribution in [0.25, 0.3) is 0 Å². The number of hydrogen-bond acceptors (Lipinski definition) is 5. The van der Waals surface area contributed by atoms with Crippen LogP contribution >= 0.6 is 0 Å². The van der Waals surface area contributed by atoms with E-state index in [0.29, 0.717) is 0 Å². The van der Waals surface area contributed by atoms with Gasteiger partial charge in [-0.05, 0) is 20.8 Å². The molecule has 80 valence electrons. The highest BCUT2D eigenvalue weighted by Crippen LogP contribution is 2.07. The lowest BCUT2D eigenvalue weighted by Crippen LogP contribution is -2.32. The highest BCUT2D eigenvalue weighted by atomic mass is 16.6. The molecule has 5 heteroatoms. The SMILES string of the molecule is CO/N=C(\C(C)=O)C(=O)OC(C)(C)C. The van der Waals surface area contributed by atoms with Crippen LogP contribution in [0.1, 0.15) is 27.7 Å². The standard InChI is InChI=1S/C9H15NO4/c1-6(11)7(10-13-5)8(12)14-9(2,3)4/h1-5H3/b10-7+. The van der Waals surface area contributed by atoms with Gasteiger partial charge in [-0.25, -0.2) is 4.79 Å². The summed E-state index contributed by atoms with van der Waals surface area (Å²) in [6, 6.07) is 0. The molecule has 14 heavy (non-hydrogen) atoms. The van der Waals surface area contributed by atoms with E-state index in [4.69, 9.17) is 4.74 Å². The number of nitrogens with zero attached hydrogens (tertiary/aromatic N) is 1. The first kappa shape index (κ1) is 12.6. The van der Waals surface area contributed by atoms with E-state index < -0.39 is 17.4 Å². The Morgan fingerprint density at radius 2 is 1.71 bits per heavy atom. The van der Waals surface area contributed by atoms with Crippen molar-refractivity contribution < 1.29 is 19.2 Å². The van der Waals surface area contributed by atoms with Crippen molar-refractivity contribution in [1.29, 1.82) is 0 Å². The summed E-state index contributed by atoms with van der Waals surface area (Å²) in [5.74, 6) is -1.26. The fourth-order valence-corrected chi connectivity index (χ4v) is 0.663. The average molecular weight is 201 g/mol. The molecule has 0 heterocycles. The molecular weight excluding hydrogens is 186 g/mol. The molecule has 0 aliphatic rings. The molecule has 0 fully saturated rings. The first-order valence-corrected chi connectivity index (χ1v) is 4.13. The highest BCUT2D eigenvalue weighted by molar-refractivity contribution is 6.63. The summed E-state index contributed by atoms with van der Waals surface area (Å²) >= 11 is 0. The Kier molecular flexibility index (Phi) is 4.27. The van der Waals surface area contributed by atoms with E-state index in [1.165, 1.54) is 14.0 Å². The van der Waals surface area contributed by atoms with Gasteiger partial charge in [-0.15, -0.1) is 0 Å². The molecule has 0 bridgehead atoms. The molecule has 0 saturated heterocycles. The van der Waals surface area contributed by atoms with Crippen molar-refractivity contribution in [3.05, 3.63) is 0 Å². The Hall–Kier alpha value is -1.39. The Balaban J connectivity index is 4.64. The summed E-state index contributed by atoms with van der Waals surface area (Å²) in [7, 11) is 1.26. The van der Waals surface area contributed by atoms with E-state index in [2.05, 4.69) is 9.99 Å². The number of ether oxygens (including phenoxy) is 1. The molecule has 0 saturated carbocycles. The molecule has 0 aliphatic heterocycles. The minimum atomic E-state index is -0.771. The molecule has 0 aromatic rings. The first-order chi connectivity index (χ1) is 6.28. The summed E-state index contributed by atoms with van der Waals surface area (Å²) in [6.07, 6.45) is 0. The molecule has 5 nitrogen and oxygen atoms in total. The number of hydrogen-bond donors (Lipinski definition) is 0. The second kappa shape index (κ2) is 4.74. The van der Waals surface area contributed by atoms with Gasteiger partial charge in [-0.2, -0.15) is 0 Å². The lowest BCUT2D eigenvalue weighted by molar-refractivity contribution is -0.146. The van der Waals surface area contributed by atoms with Crippen molar-refractivity contribution >= 4 is 17.5 Å². The van der Waals surface area contributed by atoms with Crippen LogP contribution in [0.4, 0.5) is 0 Å². The van der Waals surface area contributed by atoms with Gasteiger partial charge >= 0.3 is 5.97 Å². The summed E-state index contributed by atoms with van der Waals surface area (Å²) in [5.41, 5.74) is -0.983. The average Bonchev–Trinajstić information content (AvgIpc) is 1.95. The third-order valence-corrected chi connectivity index (χ3v) is 1.11. The van der Waals surface area contributed by atoms with Gasteiger partial charge in [0.2, 0.25) is 5.71 Å². The maximum atomic E-state index is 11.3. The molecular formula is C9H15NO4. The monoisotopic (exact) mass is 201 g/mol. The van der Waals surface area contributed by atoms with E-state index in [0.717, 1.165) is 0 Å². The molecule has 0 radical (unpaired) electrons. The minimum absolute atomic E-state index is 0.331. The largest absolute Gasteiger partial charge is 0.455 e. The quantitative estimate of drug-likeness (QED) is 0.295. The summed E-state index contributed by atoms with van der Waals surface area (Å²) in [6.45, 7) is 6.34. The normalized spacial score (nSPS) is 12.2. The smallest absolute Gasteiger partial charge is 0.364 e. The molecule has 0 aromatic heterocycles. The Labute approximate surface area is 83.1 Å². The lowest BCUT2D eigenvalue weighted by atomic mass is 10.2. The third-order valence-electron chi connectivity index (χ3n) is 1.11. The lowest BCUT2D eigenvalue weighted by Gasteiger charge is -2.19. The van der Waals surface area contributed by atoms with Crippen molar-refractivity contribution in [2.75, 3.05) is 7.11 Å². The predicted octanol–water partition coefficient (Wildman–Crippen LogP) is 0.919. The number of oxime groups is 1. The molecule has 0 spiro atoms. The van der Waals surface area contributed by atoms with Gasteiger partial charge < -0.3 is 9.57 Å². The number of carbonyl (C=O) groups excluding carboxylic acids is 2. The van der Waals surface area contributed by atoms with Gasteiger partial charge in [0.25, 0.3) is 0 Å². The summed E-state index contributed by atoms with van der Waals surface area (Å²) in [5, 5.41) is 3.30. The van der Waals surface area contributed by atoms with Gasteiger partial charge in [0.05, 0.1) is 0 Å². The second-order valence-corrected chi connectivity index (χ2v) is 3.68. The predicted molar refractivity (Wildman–Crippen MR) is 51.0 cm³/mol. The van der Waals surface area contributed by atoms with Crippen LogP contribution in [0.3, 0.4) is 0 Å². The van der Waals surface area contributed by atoms with Crippen molar-refractivity contribution in [1.82, 2.24) is 0 Å². The molecule has 0 aromatic carbocycles. The summed E-state index contributed by atoms with van der Waals surface area (Å²) < 4.78 is 4.94. The van der Waals surface area contributed by atoms with Crippen molar-refractivity contribution in [3.63, 3.8) is 0 Å². The van der Waals surface area contributed by atoms with Crippen LogP contribution in [-0.4, -0.2) is 30.2 Å². The number of ketones is 1. The Bertz CT molecular complexity index is 262. The molecule has 0 atom stereocenters. The topological polar surface area (TPSA) is 65.0 Å². The number of rotatable bonds is 3. The van der Waals surface area contributed by atoms with Crippen LogP contribution in [0.2, 0.25) is 0 Å². The molecule has 0 N–H and O–H groups in total. The summed E-state index contributed by atoms with van der Waals surface area (Å²) in [4.78, 5) is 26.7. The van der Waals surface area contributed by atoms with Gasteiger partial charge in [-0.1, -0.05) is 5.16 Å². The van der Waals surface area contributed by atoms with E-state index in [9.17, 15) is 9.59 Å². The Morgan fingerprint density at radius 3 is 2.00 bits per heavy atom.